The molecule has 0 atom stereocenters. The first kappa shape index (κ1) is 20.0. The van der Waals surface area contributed by atoms with Gasteiger partial charge in [-0.2, -0.15) is 0 Å². The predicted molar refractivity (Wildman–Crippen MR) is 130 cm³/mol. The molecule has 2 heterocycles. The molecule has 4 nitrogen and oxygen atoms in total. The quantitative estimate of drug-likeness (QED) is 0.473. The van der Waals surface area contributed by atoms with Crippen LogP contribution in [0.4, 0.5) is 0 Å². The lowest BCUT2D eigenvalue weighted by molar-refractivity contribution is 0.256. The van der Waals surface area contributed by atoms with Crippen LogP contribution in [0.3, 0.4) is 0 Å². The van der Waals surface area contributed by atoms with E-state index in [4.69, 9.17) is 0 Å². The number of benzene rings is 3. The minimum Gasteiger partial charge on any atom is -0.371 e. The molecule has 158 valence electrons. The molecule has 1 aliphatic heterocycles. The second-order valence-corrected chi connectivity index (χ2v) is 8.18. The number of piperidine rings is 1. The van der Waals surface area contributed by atoms with Crippen LogP contribution in [0.25, 0.3) is 16.7 Å². The highest BCUT2D eigenvalue weighted by Crippen LogP contribution is 2.29. The third-order valence-electron chi connectivity index (χ3n) is 6.18. The normalized spacial score (nSPS) is 14.2. The standard InChI is InChI=1S/C28H25N3O/c1-21(24-15-13-23(14-16-24)12-11-22-7-3-2-4-8-22)30-19-17-25(18-20-30)31-27-10-6-5-9-26(27)29-28(31)32/h2-10,13-16,25H,1,17-20H2,(H,29,32). The number of aromatic nitrogens is 2. The summed E-state index contributed by atoms with van der Waals surface area (Å²) in [5, 5.41) is 0. The van der Waals surface area contributed by atoms with Crippen molar-refractivity contribution < 1.29 is 0 Å². The number of rotatable bonds is 3. The van der Waals surface area contributed by atoms with Crippen molar-refractivity contribution in [2.24, 2.45) is 0 Å². The molecule has 1 fully saturated rings. The van der Waals surface area contributed by atoms with E-state index in [9.17, 15) is 4.79 Å². The van der Waals surface area contributed by atoms with E-state index >= 15 is 0 Å². The van der Waals surface area contributed by atoms with Gasteiger partial charge in [-0.1, -0.05) is 60.9 Å². The fourth-order valence-corrected chi connectivity index (χ4v) is 4.43. The van der Waals surface area contributed by atoms with Gasteiger partial charge in [0.1, 0.15) is 0 Å². The van der Waals surface area contributed by atoms with Gasteiger partial charge in [-0.3, -0.25) is 4.57 Å². The highest BCUT2D eigenvalue weighted by Gasteiger charge is 2.24. The Kier molecular flexibility index (Phi) is 5.39. The van der Waals surface area contributed by atoms with E-state index in [0.29, 0.717) is 0 Å². The summed E-state index contributed by atoms with van der Waals surface area (Å²) in [5.74, 6) is 6.41. The number of nitrogens with zero attached hydrogens (tertiary/aromatic N) is 2. The van der Waals surface area contributed by atoms with Gasteiger partial charge in [0.25, 0.3) is 0 Å². The zero-order valence-electron chi connectivity index (χ0n) is 17.9. The van der Waals surface area contributed by atoms with E-state index in [0.717, 1.165) is 59.4 Å². The Morgan fingerprint density at radius 2 is 1.47 bits per heavy atom. The molecule has 0 amide bonds. The Morgan fingerprint density at radius 1 is 0.844 bits per heavy atom. The summed E-state index contributed by atoms with van der Waals surface area (Å²) in [4.78, 5) is 17.8. The Morgan fingerprint density at radius 3 is 2.19 bits per heavy atom. The molecule has 0 unspecified atom stereocenters. The van der Waals surface area contributed by atoms with Crippen LogP contribution in [-0.2, 0) is 0 Å². The summed E-state index contributed by atoms with van der Waals surface area (Å²) in [7, 11) is 0. The summed E-state index contributed by atoms with van der Waals surface area (Å²) in [5.41, 5.74) is 6.01. The number of aromatic amines is 1. The van der Waals surface area contributed by atoms with Gasteiger partial charge in [-0.25, -0.2) is 4.79 Å². The fraction of sp³-hybridized carbons (Fsp3) is 0.179. The summed E-state index contributed by atoms with van der Waals surface area (Å²) in [6, 6.07) is 26.4. The maximum atomic E-state index is 12.5. The number of hydrogen-bond acceptors (Lipinski definition) is 2. The third kappa shape index (κ3) is 3.98. The molecule has 1 saturated heterocycles. The molecule has 5 rings (SSSR count). The van der Waals surface area contributed by atoms with Gasteiger partial charge in [-0.15, -0.1) is 0 Å². The molecule has 1 aromatic heterocycles. The van der Waals surface area contributed by atoms with Crippen LogP contribution in [0.1, 0.15) is 35.6 Å². The van der Waals surface area contributed by atoms with E-state index in [2.05, 4.69) is 52.6 Å². The molecule has 3 aromatic carbocycles. The number of imidazole rings is 1. The highest BCUT2D eigenvalue weighted by atomic mass is 16.1. The average molecular weight is 420 g/mol. The first-order valence-corrected chi connectivity index (χ1v) is 11.0. The largest absolute Gasteiger partial charge is 0.371 e. The van der Waals surface area contributed by atoms with Gasteiger partial charge >= 0.3 is 5.69 Å². The number of hydrogen-bond donors (Lipinski definition) is 1. The maximum Gasteiger partial charge on any atom is 0.326 e. The van der Waals surface area contributed by atoms with Crippen molar-refractivity contribution in [2.45, 2.75) is 18.9 Å². The highest BCUT2D eigenvalue weighted by molar-refractivity contribution is 5.75. The Hall–Kier alpha value is -3.97. The molecule has 4 heteroatoms. The second-order valence-electron chi connectivity index (χ2n) is 8.18. The zero-order chi connectivity index (χ0) is 21.9. The van der Waals surface area contributed by atoms with Gasteiger partial charge in [0.2, 0.25) is 0 Å². The van der Waals surface area contributed by atoms with Crippen molar-refractivity contribution in [3.63, 3.8) is 0 Å². The summed E-state index contributed by atoms with van der Waals surface area (Å²) in [6.07, 6.45) is 1.84. The van der Waals surface area contributed by atoms with Crippen LogP contribution in [0.15, 0.2) is 90.2 Å². The Labute approximate surface area is 187 Å². The Balaban J connectivity index is 1.25. The van der Waals surface area contributed by atoms with E-state index in [1.165, 1.54) is 0 Å². The number of H-pyrrole nitrogens is 1. The van der Waals surface area contributed by atoms with Crippen LogP contribution >= 0.6 is 0 Å². The van der Waals surface area contributed by atoms with Crippen LogP contribution < -0.4 is 5.69 Å². The van der Waals surface area contributed by atoms with Crippen molar-refractivity contribution >= 4 is 16.7 Å². The molecule has 0 spiro atoms. The third-order valence-corrected chi connectivity index (χ3v) is 6.18. The first-order chi connectivity index (χ1) is 15.7. The van der Waals surface area contributed by atoms with Crippen LogP contribution in [-0.4, -0.2) is 27.5 Å². The minimum absolute atomic E-state index is 0.0179. The zero-order valence-corrected chi connectivity index (χ0v) is 17.9. The van der Waals surface area contributed by atoms with Gasteiger partial charge in [0.05, 0.1) is 11.0 Å². The molecule has 0 bridgehead atoms. The van der Waals surface area contributed by atoms with Crippen molar-refractivity contribution in [3.8, 4) is 11.8 Å². The lowest BCUT2D eigenvalue weighted by atomic mass is 10.0. The molecule has 1 N–H and O–H groups in total. The minimum atomic E-state index is -0.0179. The summed E-state index contributed by atoms with van der Waals surface area (Å²) >= 11 is 0. The predicted octanol–water partition coefficient (Wildman–Crippen LogP) is 5.04. The molecule has 1 aliphatic rings. The van der Waals surface area contributed by atoms with Crippen molar-refractivity contribution in [2.75, 3.05) is 13.1 Å². The number of nitrogens with one attached hydrogen (secondary N) is 1. The van der Waals surface area contributed by atoms with E-state index < -0.39 is 0 Å². The molecular weight excluding hydrogens is 394 g/mol. The summed E-state index contributed by atoms with van der Waals surface area (Å²) in [6.45, 7) is 6.10. The SMILES string of the molecule is C=C(c1ccc(C#Cc2ccccc2)cc1)N1CCC(n2c(=O)[nH]c3ccccc32)CC1. The molecular formula is C28H25N3O. The van der Waals surface area contributed by atoms with Crippen molar-refractivity contribution in [3.05, 3.63) is 113 Å². The number of para-hydroxylation sites is 2. The van der Waals surface area contributed by atoms with E-state index in [1.54, 1.807) is 0 Å². The topological polar surface area (TPSA) is 41.0 Å². The van der Waals surface area contributed by atoms with Gasteiger partial charge in [0.15, 0.2) is 0 Å². The molecule has 32 heavy (non-hydrogen) atoms. The van der Waals surface area contributed by atoms with Crippen molar-refractivity contribution in [1.82, 2.24) is 14.5 Å². The van der Waals surface area contributed by atoms with Crippen molar-refractivity contribution in [1.29, 1.82) is 0 Å². The number of fused-ring (bicyclic) bond motifs is 1. The van der Waals surface area contributed by atoms with E-state index in [-0.39, 0.29) is 11.7 Å². The van der Waals surface area contributed by atoms with Gasteiger partial charge in [0, 0.05) is 36.0 Å². The van der Waals surface area contributed by atoms with Crippen LogP contribution in [0.5, 0.6) is 0 Å². The smallest absolute Gasteiger partial charge is 0.326 e. The lowest BCUT2D eigenvalue weighted by Gasteiger charge is -2.35. The van der Waals surface area contributed by atoms with Crippen LogP contribution in [0.2, 0.25) is 0 Å². The van der Waals surface area contributed by atoms with E-state index in [1.807, 2.05) is 59.2 Å². The summed E-state index contributed by atoms with van der Waals surface area (Å²) < 4.78 is 1.93. The molecule has 0 radical (unpaired) electrons. The van der Waals surface area contributed by atoms with Gasteiger partial charge in [-0.05, 0) is 54.8 Å². The average Bonchev–Trinajstić information content (AvgIpc) is 3.19. The fourth-order valence-electron chi connectivity index (χ4n) is 4.43. The number of likely N-dealkylation sites (tertiary alicyclic amines) is 1. The first-order valence-electron chi connectivity index (χ1n) is 11.0. The molecule has 4 aromatic rings. The second kappa shape index (κ2) is 8.64. The molecule has 0 aliphatic carbocycles. The lowest BCUT2D eigenvalue weighted by Crippen LogP contribution is -2.35. The maximum absolute atomic E-state index is 12.5. The molecule has 0 saturated carbocycles. The van der Waals surface area contributed by atoms with Crippen LogP contribution in [0, 0.1) is 11.8 Å². The Bertz CT molecular complexity index is 1360. The monoisotopic (exact) mass is 419 g/mol. The van der Waals surface area contributed by atoms with Gasteiger partial charge < -0.3 is 9.88 Å².